The predicted octanol–water partition coefficient (Wildman–Crippen LogP) is 2.65. The summed E-state index contributed by atoms with van der Waals surface area (Å²) in [4.78, 5) is 5.90. The molecule has 1 aliphatic heterocycles. The van der Waals surface area contributed by atoms with E-state index in [2.05, 4.69) is 40.3 Å². The van der Waals surface area contributed by atoms with Crippen LogP contribution in [0.25, 0.3) is 10.9 Å². The third kappa shape index (κ3) is 2.04. The van der Waals surface area contributed by atoms with Crippen LogP contribution in [0.1, 0.15) is 30.9 Å². The minimum Gasteiger partial charge on any atom is -0.361 e. The van der Waals surface area contributed by atoms with Crippen LogP contribution in [-0.2, 0) is 0 Å². The molecule has 3 rings (SSSR count). The quantitative estimate of drug-likeness (QED) is 0.870. The zero-order valence-electron chi connectivity index (χ0n) is 10.7. The molecule has 1 unspecified atom stereocenters. The zero-order chi connectivity index (χ0) is 12.4. The number of hydrogen-bond donors (Lipinski definition) is 2. The lowest BCUT2D eigenvalue weighted by atomic mass is 10.0. The molecular weight excluding hydrogens is 222 g/mol. The molecule has 0 amide bonds. The van der Waals surface area contributed by atoms with Crippen molar-refractivity contribution in [1.82, 2.24) is 9.88 Å². The summed E-state index contributed by atoms with van der Waals surface area (Å²) in [6.45, 7) is 3.06. The predicted molar refractivity (Wildman–Crippen MR) is 75.5 cm³/mol. The van der Waals surface area contributed by atoms with Crippen LogP contribution in [0.15, 0.2) is 30.5 Å². The van der Waals surface area contributed by atoms with Gasteiger partial charge in [-0.2, -0.15) is 0 Å². The number of likely N-dealkylation sites (tertiary alicyclic amines) is 1. The normalized spacial score (nSPS) is 19.2. The fraction of sp³-hybridized carbons (Fsp3) is 0.467. The van der Waals surface area contributed by atoms with Gasteiger partial charge in [-0.25, -0.2) is 0 Å². The molecule has 0 radical (unpaired) electrons. The fourth-order valence-corrected chi connectivity index (χ4v) is 3.07. The number of hydrogen-bond acceptors (Lipinski definition) is 2. The first-order valence-electron chi connectivity index (χ1n) is 6.90. The molecule has 1 aromatic heterocycles. The van der Waals surface area contributed by atoms with Crippen molar-refractivity contribution in [2.45, 2.75) is 25.3 Å². The molecule has 1 saturated heterocycles. The Morgan fingerprint density at radius 2 is 1.94 bits per heavy atom. The Kier molecular flexibility index (Phi) is 3.35. The third-order valence-electron chi connectivity index (χ3n) is 4.03. The van der Waals surface area contributed by atoms with E-state index in [0.29, 0.717) is 12.6 Å². The van der Waals surface area contributed by atoms with Crippen molar-refractivity contribution in [1.29, 1.82) is 0 Å². The molecule has 3 nitrogen and oxygen atoms in total. The van der Waals surface area contributed by atoms with Crippen LogP contribution in [0.2, 0.25) is 0 Å². The van der Waals surface area contributed by atoms with Crippen LogP contribution >= 0.6 is 0 Å². The Labute approximate surface area is 108 Å². The lowest BCUT2D eigenvalue weighted by molar-refractivity contribution is 0.168. The number of fused-ring (bicyclic) bond motifs is 1. The van der Waals surface area contributed by atoms with E-state index in [9.17, 15) is 0 Å². The summed E-state index contributed by atoms with van der Waals surface area (Å²) in [5.41, 5.74) is 8.60. The number of para-hydroxylation sites is 1. The molecule has 2 heterocycles. The molecule has 1 aromatic carbocycles. The zero-order valence-corrected chi connectivity index (χ0v) is 10.7. The Bertz CT molecular complexity index is 511. The molecule has 96 valence electrons. The average Bonchev–Trinajstić information content (AvgIpc) is 2.85. The largest absolute Gasteiger partial charge is 0.361 e. The number of piperidine rings is 1. The van der Waals surface area contributed by atoms with Crippen LogP contribution in [0.5, 0.6) is 0 Å². The SMILES string of the molecule is NCC(c1c[nH]c2ccccc12)N1CCCCC1. The molecule has 0 spiro atoms. The standard InChI is InChI=1S/C15H21N3/c16-10-15(18-8-4-1-5-9-18)13-11-17-14-7-3-2-6-12(13)14/h2-3,6-7,11,15,17H,1,4-5,8-10,16H2. The van der Waals surface area contributed by atoms with Crippen LogP contribution in [0.3, 0.4) is 0 Å². The minimum atomic E-state index is 0.362. The monoisotopic (exact) mass is 243 g/mol. The van der Waals surface area contributed by atoms with Crippen molar-refractivity contribution >= 4 is 10.9 Å². The second-order valence-corrected chi connectivity index (χ2v) is 5.14. The number of benzene rings is 1. The molecule has 1 atom stereocenters. The first-order chi connectivity index (χ1) is 8.90. The van der Waals surface area contributed by atoms with Gasteiger partial charge in [-0.15, -0.1) is 0 Å². The van der Waals surface area contributed by atoms with Crippen molar-refractivity contribution in [2.75, 3.05) is 19.6 Å². The number of H-pyrrole nitrogens is 1. The van der Waals surface area contributed by atoms with E-state index < -0.39 is 0 Å². The highest BCUT2D eigenvalue weighted by Gasteiger charge is 2.23. The smallest absolute Gasteiger partial charge is 0.0491 e. The molecule has 0 aliphatic carbocycles. The maximum Gasteiger partial charge on any atom is 0.0491 e. The van der Waals surface area contributed by atoms with Crippen molar-refractivity contribution < 1.29 is 0 Å². The van der Waals surface area contributed by atoms with Gasteiger partial charge in [0.05, 0.1) is 0 Å². The number of nitrogens with zero attached hydrogens (tertiary/aromatic N) is 1. The second-order valence-electron chi connectivity index (χ2n) is 5.14. The van der Waals surface area contributed by atoms with Gasteiger partial charge in [-0.05, 0) is 37.6 Å². The summed E-state index contributed by atoms with van der Waals surface area (Å²) in [5.74, 6) is 0. The Balaban J connectivity index is 1.95. The summed E-state index contributed by atoms with van der Waals surface area (Å²) >= 11 is 0. The van der Waals surface area contributed by atoms with Gasteiger partial charge in [0.2, 0.25) is 0 Å². The second kappa shape index (κ2) is 5.12. The lowest BCUT2D eigenvalue weighted by Crippen LogP contribution is -2.37. The van der Waals surface area contributed by atoms with E-state index in [0.717, 1.165) is 0 Å². The maximum atomic E-state index is 6.03. The number of nitrogens with two attached hydrogens (primary N) is 1. The first-order valence-corrected chi connectivity index (χ1v) is 6.90. The highest BCUT2D eigenvalue weighted by atomic mass is 15.2. The minimum absolute atomic E-state index is 0.362. The van der Waals surface area contributed by atoms with E-state index in [4.69, 9.17) is 5.73 Å². The van der Waals surface area contributed by atoms with Crippen LogP contribution in [0, 0.1) is 0 Å². The molecule has 1 aliphatic rings. The van der Waals surface area contributed by atoms with Crippen molar-refractivity contribution in [2.24, 2.45) is 5.73 Å². The molecular formula is C15H21N3. The van der Waals surface area contributed by atoms with E-state index in [-0.39, 0.29) is 0 Å². The van der Waals surface area contributed by atoms with E-state index in [1.165, 1.54) is 48.8 Å². The van der Waals surface area contributed by atoms with Gasteiger partial charge in [0, 0.05) is 29.7 Å². The van der Waals surface area contributed by atoms with Gasteiger partial charge in [0.25, 0.3) is 0 Å². The highest BCUT2D eigenvalue weighted by molar-refractivity contribution is 5.83. The van der Waals surface area contributed by atoms with Crippen molar-refractivity contribution in [3.05, 3.63) is 36.0 Å². The first kappa shape index (κ1) is 11.8. The summed E-state index contributed by atoms with van der Waals surface area (Å²) in [7, 11) is 0. The van der Waals surface area contributed by atoms with Crippen LogP contribution in [-0.4, -0.2) is 29.5 Å². The summed E-state index contributed by atoms with van der Waals surface area (Å²) < 4.78 is 0. The molecule has 18 heavy (non-hydrogen) atoms. The maximum absolute atomic E-state index is 6.03. The van der Waals surface area contributed by atoms with Gasteiger partial charge in [0.1, 0.15) is 0 Å². The van der Waals surface area contributed by atoms with Gasteiger partial charge < -0.3 is 10.7 Å². The molecule has 3 heteroatoms. The summed E-state index contributed by atoms with van der Waals surface area (Å²) in [6, 6.07) is 8.85. The van der Waals surface area contributed by atoms with Crippen molar-refractivity contribution in [3.63, 3.8) is 0 Å². The Morgan fingerprint density at radius 3 is 2.72 bits per heavy atom. The van der Waals surface area contributed by atoms with E-state index >= 15 is 0 Å². The number of nitrogens with one attached hydrogen (secondary N) is 1. The van der Waals surface area contributed by atoms with Gasteiger partial charge in [0.15, 0.2) is 0 Å². The summed E-state index contributed by atoms with van der Waals surface area (Å²) in [6.07, 6.45) is 6.11. The molecule has 3 N–H and O–H groups in total. The molecule has 0 bridgehead atoms. The molecule has 1 fully saturated rings. The number of aromatic amines is 1. The Hall–Kier alpha value is -1.32. The topological polar surface area (TPSA) is 45.1 Å². The lowest BCUT2D eigenvalue weighted by Gasteiger charge is -2.33. The summed E-state index contributed by atoms with van der Waals surface area (Å²) in [5, 5.41) is 1.32. The number of aromatic nitrogens is 1. The fourth-order valence-electron chi connectivity index (χ4n) is 3.07. The van der Waals surface area contributed by atoms with Crippen molar-refractivity contribution in [3.8, 4) is 0 Å². The van der Waals surface area contributed by atoms with E-state index in [1.54, 1.807) is 0 Å². The van der Waals surface area contributed by atoms with Gasteiger partial charge >= 0.3 is 0 Å². The Morgan fingerprint density at radius 1 is 1.17 bits per heavy atom. The van der Waals surface area contributed by atoms with Gasteiger partial charge in [-0.1, -0.05) is 24.6 Å². The highest BCUT2D eigenvalue weighted by Crippen LogP contribution is 2.29. The average molecular weight is 243 g/mol. The molecule has 0 saturated carbocycles. The van der Waals surface area contributed by atoms with Crippen LogP contribution in [0.4, 0.5) is 0 Å². The van der Waals surface area contributed by atoms with Gasteiger partial charge in [-0.3, -0.25) is 4.90 Å². The number of rotatable bonds is 3. The van der Waals surface area contributed by atoms with Crippen LogP contribution < -0.4 is 5.73 Å². The molecule has 2 aromatic rings. The van der Waals surface area contributed by atoms with E-state index in [1.807, 2.05) is 0 Å². The third-order valence-corrected chi connectivity index (χ3v) is 4.03.